The number of hydrogen-bond acceptors (Lipinski definition) is 4. The Bertz CT molecular complexity index is 780. The van der Waals surface area contributed by atoms with E-state index in [0.717, 1.165) is 0 Å². The molecule has 0 atom stereocenters. The van der Waals surface area contributed by atoms with Gasteiger partial charge in [-0.3, -0.25) is 4.79 Å². The zero-order chi connectivity index (χ0) is 19.7. The van der Waals surface area contributed by atoms with Crippen LogP contribution in [0.25, 0.3) is 0 Å². The van der Waals surface area contributed by atoms with E-state index in [2.05, 4.69) is 5.16 Å². The summed E-state index contributed by atoms with van der Waals surface area (Å²) >= 11 is 5.82. The maximum absolute atomic E-state index is 12.8. The molecule has 4 nitrogen and oxygen atoms in total. The van der Waals surface area contributed by atoms with E-state index in [4.69, 9.17) is 16.4 Å². The van der Waals surface area contributed by atoms with E-state index in [1.54, 1.807) is 36.4 Å². The van der Waals surface area contributed by atoms with E-state index in [1.807, 2.05) is 41.5 Å². The van der Waals surface area contributed by atoms with Crippen LogP contribution in [0.5, 0.6) is 0 Å². The second-order valence-corrected chi connectivity index (χ2v) is 8.78. The Balaban J connectivity index is 2.35. The van der Waals surface area contributed by atoms with Gasteiger partial charge < -0.3 is 4.84 Å². The molecule has 0 spiro atoms. The minimum absolute atomic E-state index is 0.00739. The average molecular weight is 374 g/mol. The summed E-state index contributed by atoms with van der Waals surface area (Å²) < 4.78 is 0. The van der Waals surface area contributed by atoms with Gasteiger partial charge >= 0.3 is 5.97 Å². The Morgan fingerprint density at radius 2 is 1.38 bits per heavy atom. The number of ketones is 1. The van der Waals surface area contributed by atoms with Crippen molar-refractivity contribution in [1.82, 2.24) is 0 Å². The molecule has 0 saturated heterocycles. The smallest absolute Gasteiger partial charge is 0.312 e. The molecule has 2 rings (SSSR count). The Kier molecular flexibility index (Phi) is 5.57. The van der Waals surface area contributed by atoms with Gasteiger partial charge in [0.1, 0.15) is 5.71 Å². The Hall–Kier alpha value is -2.20. The number of carbonyl (C=O) groups is 2. The molecule has 0 bridgehead atoms. The van der Waals surface area contributed by atoms with Gasteiger partial charge in [0.25, 0.3) is 0 Å². The van der Waals surface area contributed by atoms with E-state index >= 15 is 0 Å². The van der Waals surface area contributed by atoms with E-state index in [9.17, 15) is 9.59 Å². The lowest BCUT2D eigenvalue weighted by Crippen LogP contribution is -2.29. The lowest BCUT2D eigenvalue weighted by molar-refractivity contribution is -0.114. The largest absolute Gasteiger partial charge is 0.365 e. The van der Waals surface area contributed by atoms with Crippen molar-refractivity contribution in [3.8, 4) is 0 Å². The SMILES string of the molecule is CC(C)(C)C1=CC(=NOC(=O)c2ccc(Cl)cc2)C=C(C(C)(C)C)C1=O. The van der Waals surface area contributed by atoms with Gasteiger partial charge in [-0.1, -0.05) is 58.3 Å². The van der Waals surface area contributed by atoms with Crippen molar-refractivity contribution in [1.29, 1.82) is 0 Å². The van der Waals surface area contributed by atoms with Crippen LogP contribution in [-0.2, 0) is 9.63 Å². The van der Waals surface area contributed by atoms with Gasteiger partial charge in [0.2, 0.25) is 0 Å². The number of nitrogens with zero attached hydrogens (tertiary/aromatic N) is 1. The van der Waals surface area contributed by atoms with Crippen LogP contribution in [0.15, 0.2) is 52.7 Å². The van der Waals surface area contributed by atoms with Gasteiger partial charge in [0, 0.05) is 16.2 Å². The predicted molar refractivity (Wildman–Crippen MR) is 104 cm³/mol. The van der Waals surface area contributed by atoms with Crippen LogP contribution in [0.1, 0.15) is 51.9 Å². The van der Waals surface area contributed by atoms with Gasteiger partial charge in [-0.05, 0) is 47.2 Å². The third-order valence-electron chi connectivity index (χ3n) is 4.00. The molecule has 1 aromatic carbocycles. The van der Waals surface area contributed by atoms with Crippen molar-refractivity contribution in [2.75, 3.05) is 0 Å². The zero-order valence-electron chi connectivity index (χ0n) is 16.0. The normalized spacial score (nSPS) is 15.3. The van der Waals surface area contributed by atoms with Crippen LogP contribution >= 0.6 is 11.6 Å². The maximum Gasteiger partial charge on any atom is 0.365 e. The molecule has 26 heavy (non-hydrogen) atoms. The van der Waals surface area contributed by atoms with Crippen molar-refractivity contribution in [3.63, 3.8) is 0 Å². The van der Waals surface area contributed by atoms with Gasteiger partial charge in [-0.2, -0.15) is 0 Å². The number of allylic oxidation sites excluding steroid dienone is 4. The predicted octanol–water partition coefficient (Wildman–Crippen LogP) is 5.38. The second-order valence-electron chi connectivity index (χ2n) is 8.35. The van der Waals surface area contributed by atoms with Gasteiger partial charge in [0.05, 0.1) is 5.56 Å². The zero-order valence-corrected chi connectivity index (χ0v) is 16.8. The minimum atomic E-state index is -0.581. The summed E-state index contributed by atoms with van der Waals surface area (Å²) in [5.74, 6) is -0.574. The van der Waals surface area contributed by atoms with Crippen LogP contribution in [0.4, 0.5) is 0 Å². The lowest BCUT2D eigenvalue weighted by atomic mass is 9.72. The van der Waals surface area contributed by atoms with E-state index in [1.165, 1.54) is 0 Å². The van der Waals surface area contributed by atoms with E-state index in [-0.39, 0.29) is 16.6 Å². The molecule has 0 aromatic heterocycles. The Labute approximate surface area is 159 Å². The highest BCUT2D eigenvalue weighted by Crippen LogP contribution is 2.37. The summed E-state index contributed by atoms with van der Waals surface area (Å²) in [5.41, 5.74) is 1.40. The van der Waals surface area contributed by atoms with Crippen LogP contribution < -0.4 is 0 Å². The first-order chi connectivity index (χ1) is 11.9. The highest BCUT2D eigenvalue weighted by Gasteiger charge is 2.34. The monoisotopic (exact) mass is 373 g/mol. The summed E-state index contributed by atoms with van der Waals surface area (Å²) in [7, 11) is 0. The molecule has 1 aliphatic rings. The molecular formula is C21H24ClNO3. The Morgan fingerprint density at radius 3 is 1.81 bits per heavy atom. The fourth-order valence-corrected chi connectivity index (χ4v) is 2.64. The highest BCUT2D eigenvalue weighted by atomic mass is 35.5. The summed E-state index contributed by atoms with van der Waals surface area (Å²) in [6, 6.07) is 6.36. The molecule has 1 aromatic rings. The quantitative estimate of drug-likeness (QED) is 0.397. The average Bonchev–Trinajstić information content (AvgIpc) is 2.52. The van der Waals surface area contributed by atoms with Crippen LogP contribution in [0, 0.1) is 10.8 Å². The van der Waals surface area contributed by atoms with Crippen molar-refractivity contribution in [2.45, 2.75) is 41.5 Å². The number of benzene rings is 1. The molecule has 0 fully saturated rings. The first-order valence-corrected chi connectivity index (χ1v) is 8.81. The molecule has 0 heterocycles. The first-order valence-electron chi connectivity index (χ1n) is 8.43. The maximum atomic E-state index is 12.8. The number of rotatable bonds is 2. The number of halogens is 1. The Morgan fingerprint density at radius 1 is 0.923 bits per heavy atom. The fourth-order valence-electron chi connectivity index (χ4n) is 2.51. The second kappa shape index (κ2) is 7.20. The molecule has 5 heteroatoms. The fraction of sp³-hybridized carbons (Fsp3) is 0.381. The topological polar surface area (TPSA) is 55.7 Å². The summed E-state index contributed by atoms with van der Waals surface area (Å²) in [6.07, 6.45) is 3.37. The lowest BCUT2D eigenvalue weighted by Gasteiger charge is -2.30. The highest BCUT2D eigenvalue weighted by molar-refractivity contribution is 6.30. The van der Waals surface area contributed by atoms with Crippen LogP contribution in [0.2, 0.25) is 5.02 Å². The molecule has 0 aliphatic heterocycles. The standard InChI is InChI=1S/C21H24ClNO3/c1-20(2,3)16-11-15(12-17(18(16)24)21(4,5)6)23-26-19(25)13-7-9-14(22)10-8-13/h7-12H,1-6H3. The molecule has 1 aliphatic carbocycles. The van der Waals surface area contributed by atoms with Crippen LogP contribution in [-0.4, -0.2) is 17.5 Å². The summed E-state index contributed by atoms with van der Waals surface area (Å²) in [5, 5.41) is 4.51. The van der Waals surface area contributed by atoms with Gasteiger partial charge in [-0.15, -0.1) is 0 Å². The van der Waals surface area contributed by atoms with E-state index < -0.39 is 5.97 Å². The van der Waals surface area contributed by atoms with Crippen molar-refractivity contribution in [3.05, 3.63) is 58.1 Å². The van der Waals surface area contributed by atoms with Crippen molar-refractivity contribution >= 4 is 29.1 Å². The van der Waals surface area contributed by atoms with Gasteiger partial charge in [0.15, 0.2) is 5.78 Å². The van der Waals surface area contributed by atoms with E-state index in [0.29, 0.717) is 27.4 Å². The third kappa shape index (κ3) is 4.70. The summed E-state index contributed by atoms with van der Waals surface area (Å²) in [6.45, 7) is 11.8. The number of carbonyl (C=O) groups excluding carboxylic acids is 2. The molecule has 0 N–H and O–H groups in total. The molecule has 138 valence electrons. The molecule has 0 unspecified atom stereocenters. The number of hydrogen-bond donors (Lipinski definition) is 0. The van der Waals surface area contributed by atoms with Crippen molar-refractivity contribution in [2.24, 2.45) is 16.0 Å². The molecule has 0 radical (unpaired) electrons. The molecular weight excluding hydrogens is 350 g/mol. The number of Topliss-reactive ketones (excluding diaryl/α,β-unsaturated/α-hetero) is 1. The number of oxime groups is 1. The molecule has 0 amide bonds. The van der Waals surface area contributed by atoms with Gasteiger partial charge in [-0.25, -0.2) is 4.79 Å². The van der Waals surface area contributed by atoms with Crippen LogP contribution in [0.3, 0.4) is 0 Å². The molecule has 0 saturated carbocycles. The third-order valence-corrected chi connectivity index (χ3v) is 4.26. The minimum Gasteiger partial charge on any atom is -0.312 e. The summed E-state index contributed by atoms with van der Waals surface area (Å²) in [4.78, 5) is 30.1. The first kappa shape index (κ1) is 20.1. The van der Waals surface area contributed by atoms with Crippen molar-refractivity contribution < 1.29 is 14.4 Å².